The van der Waals surface area contributed by atoms with Crippen molar-refractivity contribution in [3.63, 3.8) is 0 Å². The highest BCUT2D eigenvalue weighted by molar-refractivity contribution is 7.91. The maximum atomic E-state index is 12.3. The number of hydrogen-bond acceptors (Lipinski definition) is 5. The molecule has 1 aliphatic heterocycles. The molecule has 1 saturated heterocycles. The first-order valence-electron chi connectivity index (χ1n) is 6.60. The third kappa shape index (κ3) is 4.75. The maximum absolute atomic E-state index is 12.3. The van der Waals surface area contributed by atoms with Gasteiger partial charge in [-0.25, -0.2) is 8.42 Å². The van der Waals surface area contributed by atoms with Crippen molar-refractivity contribution in [2.45, 2.75) is 38.8 Å². The van der Waals surface area contributed by atoms with Gasteiger partial charge in [0.1, 0.15) is 6.54 Å². The average Bonchev–Trinajstić information content (AvgIpc) is 2.64. The Balaban J connectivity index is 2.84. The van der Waals surface area contributed by atoms with Crippen LogP contribution in [0.2, 0.25) is 0 Å². The van der Waals surface area contributed by atoms with E-state index in [4.69, 9.17) is 10.8 Å². The fourth-order valence-electron chi connectivity index (χ4n) is 2.38. The fraction of sp³-hybridized carbons (Fsp3) is 0.833. The smallest absolute Gasteiger partial charge is 0.323 e. The molecule has 0 spiro atoms. The Morgan fingerprint density at radius 1 is 1.40 bits per heavy atom. The number of amides is 1. The van der Waals surface area contributed by atoms with Crippen LogP contribution in [0.25, 0.3) is 0 Å². The standard InChI is InChI=1S/C12H22N2O5S/c1-8(2)5-10(13)12(17)14(6-11(15)16)9-3-4-20(18,19)7-9/h8-10H,3-7,13H2,1-2H3,(H,15,16)/t9?,10-/m1/s1. The molecule has 8 heteroatoms. The molecular weight excluding hydrogens is 284 g/mol. The molecule has 1 aliphatic rings. The second-order valence-electron chi connectivity index (χ2n) is 5.65. The Hall–Kier alpha value is -1.15. The highest BCUT2D eigenvalue weighted by Gasteiger charge is 2.37. The molecule has 0 bridgehead atoms. The van der Waals surface area contributed by atoms with Crippen molar-refractivity contribution < 1.29 is 23.1 Å². The van der Waals surface area contributed by atoms with Gasteiger partial charge in [0, 0.05) is 6.04 Å². The Morgan fingerprint density at radius 3 is 2.40 bits per heavy atom. The summed E-state index contributed by atoms with van der Waals surface area (Å²) < 4.78 is 23.0. The molecule has 3 N–H and O–H groups in total. The summed E-state index contributed by atoms with van der Waals surface area (Å²) in [6.45, 7) is 3.31. The van der Waals surface area contributed by atoms with Crippen molar-refractivity contribution in [3.8, 4) is 0 Å². The first-order valence-corrected chi connectivity index (χ1v) is 8.43. The van der Waals surface area contributed by atoms with Gasteiger partial charge in [0.05, 0.1) is 17.5 Å². The van der Waals surface area contributed by atoms with Gasteiger partial charge >= 0.3 is 5.97 Å². The maximum Gasteiger partial charge on any atom is 0.323 e. The Labute approximate surface area is 119 Å². The molecule has 0 aromatic carbocycles. The van der Waals surface area contributed by atoms with Gasteiger partial charge in [-0.1, -0.05) is 13.8 Å². The van der Waals surface area contributed by atoms with E-state index in [1.807, 2.05) is 13.8 Å². The summed E-state index contributed by atoms with van der Waals surface area (Å²) in [5.74, 6) is -1.64. The molecule has 0 aliphatic carbocycles. The van der Waals surface area contributed by atoms with Gasteiger partial charge in [-0.05, 0) is 18.8 Å². The van der Waals surface area contributed by atoms with Crippen LogP contribution in [-0.4, -0.2) is 60.4 Å². The lowest BCUT2D eigenvalue weighted by molar-refractivity contribution is -0.146. The molecule has 0 aromatic rings. The van der Waals surface area contributed by atoms with Gasteiger partial charge in [-0.3, -0.25) is 9.59 Å². The lowest BCUT2D eigenvalue weighted by Crippen LogP contribution is -2.51. The number of sulfone groups is 1. The van der Waals surface area contributed by atoms with Crippen molar-refractivity contribution in [3.05, 3.63) is 0 Å². The minimum atomic E-state index is -3.19. The molecule has 2 atom stereocenters. The third-order valence-corrected chi connectivity index (χ3v) is 5.03. The molecule has 1 heterocycles. The number of hydrogen-bond donors (Lipinski definition) is 2. The molecule has 1 unspecified atom stereocenters. The summed E-state index contributed by atoms with van der Waals surface area (Å²) in [6, 6.07) is -1.38. The molecule has 20 heavy (non-hydrogen) atoms. The number of carboxylic acid groups (broad SMARTS) is 1. The molecule has 116 valence electrons. The Kier molecular flexibility index (Phi) is 5.52. The number of carbonyl (C=O) groups is 2. The quantitative estimate of drug-likeness (QED) is 0.680. The van der Waals surface area contributed by atoms with Crippen LogP contribution in [-0.2, 0) is 19.4 Å². The average molecular weight is 306 g/mol. The van der Waals surface area contributed by atoms with E-state index in [1.54, 1.807) is 0 Å². The van der Waals surface area contributed by atoms with Crippen LogP contribution >= 0.6 is 0 Å². The first-order chi connectivity index (χ1) is 9.12. The third-order valence-electron chi connectivity index (χ3n) is 3.28. The van der Waals surface area contributed by atoms with Crippen LogP contribution in [0.5, 0.6) is 0 Å². The van der Waals surface area contributed by atoms with Gasteiger partial charge in [0.25, 0.3) is 0 Å². The summed E-state index contributed by atoms with van der Waals surface area (Å²) >= 11 is 0. The number of aliphatic carboxylic acids is 1. The van der Waals surface area contributed by atoms with E-state index in [0.29, 0.717) is 6.42 Å². The van der Waals surface area contributed by atoms with Crippen molar-refractivity contribution >= 4 is 21.7 Å². The topological polar surface area (TPSA) is 118 Å². The fourth-order valence-corrected chi connectivity index (χ4v) is 4.11. The molecule has 0 radical (unpaired) electrons. The van der Waals surface area contributed by atoms with Crippen molar-refractivity contribution in [1.82, 2.24) is 4.90 Å². The van der Waals surface area contributed by atoms with Crippen LogP contribution in [0, 0.1) is 5.92 Å². The largest absolute Gasteiger partial charge is 0.480 e. The van der Waals surface area contributed by atoms with Gasteiger partial charge in [0.2, 0.25) is 5.91 Å². The summed E-state index contributed by atoms with van der Waals surface area (Å²) in [7, 11) is -3.19. The van der Waals surface area contributed by atoms with E-state index in [2.05, 4.69) is 0 Å². The van der Waals surface area contributed by atoms with Crippen LogP contribution in [0.3, 0.4) is 0 Å². The van der Waals surface area contributed by atoms with Crippen LogP contribution in [0.15, 0.2) is 0 Å². The van der Waals surface area contributed by atoms with Crippen molar-refractivity contribution in [2.75, 3.05) is 18.1 Å². The zero-order valence-electron chi connectivity index (χ0n) is 11.8. The molecule has 0 aromatic heterocycles. The van der Waals surface area contributed by atoms with Crippen molar-refractivity contribution in [2.24, 2.45) is 11.7 Å². The predicted molar refractivity (Wildman–Crippen MR) is 73.8 cm³/mol. The van der Waals surface area contributed by atoms with E-state index < -0.39 is 40.3 Å². The molecular formula is C12H22N2O5S. The number of nitrogens with zero attached hydrogens (tertiary/aromatic N) is 1. The minimum Gasteiger partial charge on any atom is -0.480 e. The van der Waals surface area contributed by atoms with E-state index in [0.717, 1.165) is 4.90 Å². The number of rotatable bonds is 6. The van der Waals surface area contributed by atoms with E-state index in [1.165, 1.54) is 0 Å². The van der Waals surface area contributed by atoms with Crippen LogP contribution in [0.1, 0.15) is 26.7 Å². The van der Waals surface area contributed by atoms with E-state index >= 15 is 0 Å². The Morgan fingerprint density at radius 2 is 2.00 bits per heavy atom. The second kappa shape index (κ2) is 6.53. The number of nitrogens with two attached hydrogens (primary N) is 1. The van der Waals surface area contributed by atoms with Gasteiger partial charge < -0.3 is 15.7 Å². The first kappa shape index (κ1) is 16.9. The predicted octanol–water partition coefficient (Wildman–Crippen LogP) is -0.540. The summed E-state index contributed by atoms with van der Waals surface area (Å²) in [6.07, 6.45) is 0.712. The highest BCUT2D eigenvalue weighted by Crippen LogP contribution is 2.19. The SMILES string of the molecule is CC(C)C[C@@H](N)C(=O)N(CC(=O)O)C1CCS(=O)(=O)C1. The van der Waals surface area contributed by atoms with Gasteiger partial charge in [-0.15, -0.1) is 0 Å². The molecule has 1 rings (SSSR count). The summed E-state index contributed by atoms with van der Waals surface area (Å²) in [4.78, 5) is 24.3. The lowest BCUT2D eigenvalue weighted by Gasteiger charge is -2.29. The van der Waals surface area contributed by atoms with E-state index in [9.17, 15) is 18.0 Å². The van der Waals surface area contributed by atoms with Gasteiger partial charge in [0.15, 0.2) is 9.84 Å². The van der Waals surface area contributed by atoms with Crippen LogP contribution in [0.4, 0.5) is 0 Å². The van der Waals surface area contributed by atoms with E-state index in [-0.39, 0.29) is 23.8 Å². The zero-order chi connectivity index (χ0) is 15.5. The van der Waals surface area contributed by atoms with Gasteiger partial charge in [-0.2, -0.15) is 0 Å². The minimum absolute atomic E-state index is 0.0134. The number of carbonyl (C=O) groups excluding carboxylic acids is 1. The zero-order valence-corrected chi connectivity index (χ0v) is 12.6. The summed E-state index contributed by atoms with van der Waals surface area (Å²) in [5.41, 5.74) is 5.80. The Bertz CT molecular complexity index is 474. The molecule has 1 fully saturated rings. The molecule has 7 nitrogen and oxygen atoms in total. The van der Waals surface area contributed by atoms with Crippen LogP contribution < -0.4 is 5.73 Å². The number of carboxylic acids is 1. The normalized spacial score (nSPS) is 22.7. The monoisotopic (exact) mass is 306 g/mol. The second-order valence-corrected chi connectivity index (χ2v) is 7.88. The molecule has 1 amide bonds. The summed E-state index contributed by atoms with van der Waals surface area (Å²) in [5, 5.41) is 8.90. The molecule has 0 saturated carbocycles. The van der Waals surface area contributed by atoms with Crippen molar-refractivity contribution in [1.29, 1.82) is 0 Å². The lowest BCUT2D eigenvalue weighted by atomic mass is 10.0. The highest BCUT2D eigenvalue weighted by atomic mass is 32.2.